The van der Waals surface area contributed by atoms with Crippen LogP contribution >= 0.6 is 11.6 Å². The fraction of sp³-hybridized carbons (Fsp3) is 0.600. The predicted molar refractivity (Wildman–Crippen MR) is 85.7 cm³/mol. The molecule has 118 valence electrons. The molecule has 1 saturated heterocycles. The van der Waals surface area contributed by atoms with E-state index >= 15 is 0 Å². The lowest BCUT2D eigenvalue weighted by Gasteiger charge is -2.21. The van der Waals surface area contributed by atoms with Gasteiger partial charge in [0.25, 0.3) is 0 Å². The minimum absolute atomic E-state index is 0.182. The highest BCUT2D eigenvalue weighted by molar-refractivity contribution is 7.89. The van der Waals surface area contributed by atoms with E-state index in [0.29, 0.717) is 25.6 Å². The molecule has 0 aromatic heterocycles. The molecule has 1 aliphatic rings. The van der Waals surface area contributed by atoms with E-state index in [-0.39, 0.29) is 9.92 Å². The van der Waals surface area contributed by atoms with Gasteiger partial charge in [0.1, 0.15) is 4.90 Å². The summed E-state index contributed by atoms with van der Waals surface area (Å²) in [6.07, 6.45) is 4.03. The highest BCUT2D eigenvalue weighted by Crippen LogP contribution is 2.29. The number of sulfonamides is 1. The molecule has 2 rings (SSSR count). The van der Waals surface area contributed by atoms with E-state index in [9.17, 15) is 8.42 Å². The zero-order chi connectivity index (χ0) is 15.5. The van der Waals surface area contributed by atoms with Crippen LogP contribution in [0.4, 0.5) is 0 Å². The first-order valence-corrected chi connectivity index (χ1v) is 9.29. The zero-order valence-electron chi connectivity index (χ0n) is 12.4. The van der Waals surface area contributed by atoms with Crippen molar-refractivity contribution in [1.82, 2.24) is 4.31 Å². The van der Waals surface area contributed by atoms with Gasteiger partial charge in [-0.1, -0.05) is 31.0 Å². The van der Waals surface area contributed by atoms with Gasteiger partial charge in [-0.15, -0.1) is 0 Å². The van der Waals surface area contributed by atoms with E-state index < -0.39 is 10.0 Å². The number of rotatable bonds is 4. The van der Waals surface area contributed by atoms with Crippen LogP contribution in [0.2, 0.25) is 5.02 Å². The fourth-order valence-corrected chi connectivity index (χ4v) is 4.82. The first-order valence-electron chi connectivity index (χ1n) is 7.47. The predicted octanol–water partition coefficient (Wildman–Crippen LogP) is 3.00. The Morgan fingerprint density at radius 1 is 1.33 bits per heavy atom. The third-order valence-corrected chi connectivity index (χ3v) is 6.61. The molecule has 1 unspecified atom stereocenters. The van der Waals surface area contributed by atoms with E-state index in [1.54, 1.807) is 22.5 Å². The molecule has 6 heteroatoms. The van der Waals surface area contributed by atoms with Crippen LogP contribution in [0.5, 0.6) is 0 Å². The van der Waals surface area contributed by atoms with Gasteiger partial charge in [0.2, 0.25) is 10.0 Å². The smallest absolute Gasteiger partial charge is 0.244 e. The van der Waals surface area contributed by atoms with Crippen LogP contribution in [0.1, 0.15) is 38.2 Å². The monoisotopic (exact) mass is 330 g/mol. The first kappa shape index (κ1) is 16.7. The molecule has 0 amide bonds. The molecule has 1 fully saturated rings. The van der Waals surface area contributed by atoms with Gasteiger partial charge in [0.15, 0.2) is 0 Å². The molecular weight excluding hydrogens is 308 g/mol. The Balaban J connectivity index is 2.29. The van der Waals surface area contributed by atoms with E-state index in [0.717, 1.165) is 31.2 Å². The van der Waals surface area contributed by atoms with Crippen molar-refractivity contribution in [3.8, 4) is 0 Å². The number of benzene rings is 1. The summed E-state index contributed by atoms with van der Waals surface area (Å²) in [7, 11) is -3.53. The molecular formula is C15H23ClN2O2S. The van der Waals surface area contributed by atoms with Gasteiger partial charge < -0.3 is 5.73 Å². The lowest BCUT2D eigenvalue weighted by atomic mass is 9.98. The summed E-state index contributed by atoms with van der Waals surface area (Å²) in [6.45, 7) is 3.61. The van der Waals surface area contributed by atoms with Crippen LogP contribution < -0.4 is 5.73 Å². The van der Waals surface area contributed by atoms with Crippen LogP contribution in [-0.4, -0.2) is 25.8 Å². The lowest BCUT2D eigenvalue weighted by Crippen LogP contribution is -2.32. The Morgan fingerprint density at radius 2 is 2.10 bits per heavy atom. The maximum Gasteiger partial charge on any atom is 0.244 e. The number of hydrogen-bond acceptors (Lipinski definition) is 3. The van der Waals surface area contributed by atoms with Crippen molar-refractivity contribution < 1.29 is 8.42 Å². The Kier molecular flexibility index (Phi) is 5.66. The van der Waals surface area contributed by atoms with E-state index in [1.165, 1.54) is 0 Å². The van der Waals surface area contributed by atoms with Crippen molar-refractivity contribution in [3.63, 3.8) is 0 Å². The van der Waals surface area contributed by atoms with Crippen LogP contribution in [0.25, 0.3) is 0 Å². The third kappa shape index (κ3) is 3.77. The van der Waals surface area contributed by atoms with Crippen LogP contribution in [0.15, 0.2) is 23.1 Å². The number of nitrogens with two attached hydrogens (primary N) is 1. The molecule has 0 radical (unpaired) electrons. The van der Waals surface area contributed by atoms with Crippen LogP contribution in [0, 0.1) is 5.92 Å². The van der Waals surface area contributed by atoms with Crippen molar-refractivity contribution >= 4 is 21.6 Å². The molecule has 21 heavy (non-hydrogen) atoms. The van der Waals surface area contributed by atoms with E-state index in [4.69, 9.17) is 17.3 Å². The third-order valence-electron chi connectivity index (χ3n) is 4.23. The Bertz CT molecular complexity index is 589. The molecule has 0 aliphatic carbocycles. The first-order chi connectivity index (χ1) is 9.98. The molecule has 1 aliphatic heterocycles. The summed E-state index contributed by atoms with van der Waals surface area (Å²) in [6, 6.07) is 4.97. The second-order valence-electron chi connectivity index (χ2n) is 5.58. The standard InChI is InChI=1S/C15H23ClN2O2S/c1-2-12-4-3-8-18(9-7-12)21(19,20)15-10-13(11-17)5-6-14(15)16/h5-6,10,12H,2-4,7-9,11,17H2,1H3. The van der Waals surface area contributed by atoms with Crippen molar-refractivity contribution in [3.05, 3.63) is 28.8 Å². The molecule has 0 spiro atoms. The maximum atomic E-state index is 12.8. The molecule has 1 atom stereocenters. The molecule has 4 nitrogen and oxygen atoms in total. The summed E-state index contributed by atoms with van der Waals surface area (Å²) in [4.78, 5) is 0.182. The summed E-state index contributed by atoms with van der Waals surface area (Å²) in [5.74, 6) is 0.621. The summed E-state index contributed by atoms with van der Waals surface area (Å²) >= 11 is 6.11. The van der Waals surface area contributed by atoms with Gasteiger partial charge >= 0.3 is 0 Å². The van der Waals surface area contributed by atoms with Gasteiger partial charge in [-0.2, -0.15) is 4.31 Å². The Labute approximate surface area is 132 Å². The van der Waals surface area contributed by atoms with E-state index in [2.05, 4.69) is 6.92 Å². The minimum Gasteiger partial charge on any atom is -0.326 e. The van der Waals surface area contributed by atoms with Gasteiger partial charge in [-0.3, -0.25) is 0 Å². The molecule has 1 heterocycles. The lowest BCUT2D eigenvalue weighted by molar-refractivity contribution is 0.407. The number of hydrogen-bond donors (Lipinski definition) is 1. The van der Waals surface area contributed by atoms with Crippen molar-refractivity contribution in [2.45, 2.75) is 44.0 Å². The summed E-state index contributed by atoms with van der Waals surface area (Å²) in [5, 5.41) is 0.267. The Morgan fingerprint density at radius 3 is 2.76 bits per heavy atom. The summed E-state index contributed by atoms with van der Waals surface area (Å²) < 4.78 is 27.2. The number of halogens is 1. The average Bonchev–Trinajstić information content (AvgIpc) is 2.73. The van der Waals surface area contributed by atoms with Crippen LogP contribution in [0.3, 0.4) is 0 Å². The highest BCUT2D eigenvalue weighted by atomic mass is 35.5. The fourth-order valence-electron chi connectivity index (χ4n) is 2.80. The second-order valence-corrected chi connectivity index (χ2v) is 7.89. The molecule has 0 bridgehead atoms. The normalized spacial score (nSPS) is 21.2. The second kappa shape index (κ2) is 7.09. The molecule has 0 saturated carbocycles. The van der Waals surface area contributed by atoms with Crippen molar-refractivity contribution in [1.29, 1.82) is 0 Å². The highest BCUT2D eigenvalue weighted by Gasteiger charge is 2.29. The quantitative estimate of drug-likeness (QED) is 0.923. The Hall–Kier alpha value is -0.620. The molecule has 1 aromatic rings. The minimum atomic E-state index is -3.53. The SMILES string of the molecule is CCC1CCCN(S(=O)(=O)c2cc(CN)ccc2Cl)CC1. The number of nitrogens with zero attached hydrogens (tertiary/aromatic N) is 1. The van der Waals surface area contributed by atoms with Crippen LogP contribution in [-0.2, 0) is 16.6 Å². The molecule has 1 aromatic carbocycles. The zero-order valence-corrected chi connectivity index (χ0v) is 14.0. The van der Waals surface area contributed by atoms with Gasteiger partial charge in [-0.05, 0) is 42.9 Å². The summed E-state index contributed by atoms with van der Waals surface area (Å²) in [5.41, 5.74) is 6.38. The maximum absolute atomic E-state index is 12.8. The van der Waals surface area contributed by atoms with Crippen molar-refractivity contribution in [2.75, 3.05) is 13.1 Å². The van der Waals surface area contributed by atoms with Gasteiger partial charge in [0.05, 0.1) is 5.02 Å². The molecule has 2 N–H and O–H groups in total. The van der Waals surface area contributed by atoms with Crippen molar-refractivity contribution in [2.24, 2.45) is 11.7 Å². The largest absolute Gasteiger partial charge is 0.326 e. The topological polar surface area (TPSA) is 63.4 Å². The van der Waals surface area contributed by atoms with Gasteiger partial charge in [-0.25, -0.2) is 8.42 Å². The van der Waals surface area contributed by atoms with E-state index in [1.807, 2.05) is 0 Å². The van der Waals surface area contributed by atoms with Gasteiger partial charge in [0, 0.05) is 19.6 Å². The average molecular weight is 331 g/mol.